The lowest BCUT2D eigenvalue weighted by Gasteiger charge is -2.44. The molecule has 1 heterocycles. The van der Waals surface area contributed by atoms with Gasteiger partial charge in [-0.05, 0) is 60.2 Å². The van der Waals surface area contributed by atoms with Crippen LogP contribution in [0.4, 0.5) is 17.1 Å². The number of benzene rings is 3. The first kappa shape index (κ1) is 18.6. The van der Waals surface area contributed by atoms with Crippen molar-refractivity contribution in [3.05, 3.63) is 89.5 Å². The minimum Gasteiger partial charge on any atom is -0.382 e. The van der Waals surface area contributed by atoms with Gasteiger partial charge in [-0.15, -0.1) is 0 Å². The zero-order valence-corrected chi connectivity index (χ0v) is 17.3. The van der Waals surface area contributed by atoms with Gasteiger partial charge in [0.25, 0.3) is 0 Å². The van der Waals surface area contributed by atoms with E-state index in [1.807, 2.05) is 6.07 Å². The van der Waals surface area contributed by atoms with Crippen LogP contribution < -0.4 is 10.6 Å². The Labute approximate surface area is 169 Å². The second-order valence-corrected chi connectivity index (χ2v) is 8.60. The van der Waals surface area contributed by atoms with Crippen LogP contribution in [0.1, 0.15) is 43.9 Å². The van der Waals surface area contributed by atoms with Crippen LogP contribution in [0.2, 0.25) is 0 Å². The molecule has 4 rings (SSSR count). The molecule has 2 nitrogen and oxygen atoms in total. The van der Waals surface area contributed by atoms with Gasteiger partial charge in [-0.3, -0.25) is 0 Å². The van der Waals surface area contributed by atoms with Crippen LogP contribution in [-0.2, 0) is 5.41 Å². The maximum absolute atomic E-state index is 3.85. The van der Waals surface area contributed by atoms with Gasteiger partial charge >= 0.3 is 0 Å². The Morgan fingerprint density at radius 3 is 2.21 bits per heavy atom. The van der Waals surface area contributed by atoms with Gasteiger partial charge in [-0.25, -0.2) is 0 Å². The lowest BCUT2D eigenvalue weighted by molar-refractivity contribution is 0.386. The van der Waals surface area contributed by atoms with Gasteiger partial charge < -0.3 is 10.6 Å². The van der Waals surface area contributed by atoms with Gasteiger partial charge in [0.2, 0.25) is 0 Å². The smallest absolute Gasteiger partial charge is 0.0415 e. The zero-order valence-electron chi connectivity index (χ0n) is 17.3. The highest BCUT2D eigenvalue weighted by Gasteiger charge is 2.39. The van der Waals surface area contributed by atoms with E-state index in [1.165, 1.54) is 22.4 Å². The molecule has 144 valence electrons. The Kier molecular flexibility index (Phi) is 4.89. The molecule has 28 heavy (non-hydrogen) atoms. The summed E-state index contributed by atoms with van der Waals surface area (Å²) in [4.78, 5) is 0. The van der Waals surface area contributed by atoms with Crippen molar-refractivity contribution in [2.45, 2.75) is 45.6 Å². The Balaban J connectivity index is 1.83. The summed E-state index contributed by atoms with van der Waals surface area (Å²) < 4.78 is 0. The molecule has 3 aromatic carbocycles. The molecule has 2 unspecified atom stereocenters. The van der Waals surface area contributed by atoms with E-state index in [4.69, 9.17) is 0 Å². The molecule has 1 aliphatic rings. The van der Waals surface area contributed by atoms with E-state index in [-0.39, 0.29) is 5.41 Å². The average molecular weight is 371 g/mol. The van der Waals surface area contributed by atoms with E-state index < -0.39 is 0 Å². The molecule has 0 spiro atoms. The number of aryl methyl sites for hydroxylation is 1. The van der Waals surface area contributed by atoms with Crippen molar-refractivity contribution >= 4 is 17.1 Å². The van der Waals surface area contributed by atoms with Crippen molar-refractivity contribution in [2.24, 2.45) is 5.92 Å². The second-order valence-electron chi connectivity index (χ2n) is 8.60. The fourth-order valence-corrected chi connectivity index (χ4v) is 4.44. The molecule has 1 aliphatic heterocycles. The first-order valence-electron chi connectivity index (χ1n) is 10.3. The monoisotopic (exact) mass is 370 g/mol. The molecule has 0 aliphatic carbocycles. The molecule has 3 aromatic rings. The summed E-state index contributed by atoms with van der Waals surface area (Å²) in [6, 6.07) is 26.4. The molecule has 0 saturated heterocycles. The highest BCUT2D eigenvalue weighted by molar-refractivity contribution is 5.73. The van der Waals surface area contributed by atoms with Crippen LogP contribution in [0.3, 0.4) is 0 Å². The van der Waals surface area contributed by atoms with Crippen molar-refractivity contribution in [1.82, 2.24) is 0 Å². The van der Waals surface area contributed by atoms with Gasteiger partial charge in [-0.2, -0.15) is 0 Å². The van der Waals surface area contributed by atoms with Crippen LogP contribution in [0, 0.1) is 12.8 Å². The van der Waals surface area contributed by atoms with Gasteiger partial charge in [-0.1, -0.05) is 69.3 Å². The van der Waals surface area contributed by atoms with Gasteiger partial charge in [0.15, 0.2) is 0 Å². The quantitative estimate of drug-likeness (QED) is 0.523. The topological polar surface area (TPSA) is 24.1 Å². The van der Waals surface area contributed by atoms with E-state index in [9.17, 15) is 0 Å². The maximum atomic E-state index is 3.85. The van der Waals surface area contributed by atoms with E-state index in [0.29, 0.717) is 12.0 Å². The molecule has 0 radical (unpaired) electrons. The van der Waals surface area contributed by atoms with Crippen molar-refractivity contribution < 1.29 is 0 Å². The third kappa shape index (κ3) is 3.40. The van der Waals surface area contributed by atoms with Crippen LogP contribution in [0.25, 0.3) is 0 Å². The first-order valence-corrected chi connectivity index (χ1v) is 10.3. The molecule has 0 saturated carbocycles. The molecule has 2 heteroatoms. The Hall–Kier alpha value is -2.74. The molecule has 2 N–H and O–H groups in total. The number of anilines is 3. The Bertz CT molecular complexity index is 947. The number of nitrogens with one attached hydrogen (secondary N) is 2. The summed E-state index contributed by atoms with van der Waals surface area (Å²) in [7, 11) is 0. The van der Waals surface area contributed by atoms with Crippen LogP contribution in [0.15, 0.2) is 72.8 Å². The number of hydrogen-bond acceptors (Lipinski definition) is 2. The summed E-state index contributed by atoms with van der Waals surface area (Å²) in [5.41, 5.74) is 7.61. The number of hydrogen-bond donors (Lipinski definition) is 2. The van der Waals surface area contributed by atoms with Gasteiger partial charge in [0, 0.05) is 28.5 Å². The highest BCUT2D eigenvalue weighted by Crippen LogP contribution is 2.47. The van der Waals surface area contributed by atoms with Crippen LogP contribution in [0.5, 0.6) is 0 Å². The summed E-state index contributed by atoms with van der Waals surface area (Å²) in [5.74, 6) is 0.581. The first-order chi connectivity index (χ1) is 13.5. The van der Waals surface area contributed by atoms with Gasteiger partial charge in [0.05, 0.1) is 0 Å². The Morgan fingerprint density at radius 2 is 1.57 bits per heavy atom. The maximum Gasteiger partial charge on any atom is 0.0415 e. The summed E-state index contributed by atoms with van der Waals surface area (Å²) in [6.07, 6.45) is 1.09. The minimum atomic E-state index is -0.0179. The van der Waals surface area contributed by atoms with E-state index >= 15 is 0 Å². The largest absolute Gasteiger partial charge is 0.382 e. The fraction of sp³-hybridized carbons (Fsp3) is 0.308. The zero-order chi connectivity index (χ0) is 19.7. The summed E-state index contributed by atoms with van der Waals surface area (Å²) in [5, 5.41) is 7.44. The predicted molar refractivity (Wildman–Crippen MR) is 121 cm³/mol. The normalized spacial score (nSPS) is 21.1. The second kappa shape index (κ2) is 7.35. The fourth-order valence-electron chi connectivity index (χ4n) is 4.44. The van der Waals surface area contributed by atoms with Gasteiger partial charge in [0.1, 0.15) is 0 Å². The third-order valence-electron chi connectivity index (χ3n) is 6.17. The predicted octanol–water partition coefficient (Wildman–Crippen LogP) is 6.88. The minimum absolute atomic E-state index is 0.0179. The number of para-hydroxylation sites is 1. The van der Waals surface area contributed by atoms with E-state index in [1.54, 1.807) is 0 Å². The summed E-state index contributed by atoms with van der Waals surface area (Å²) >= 11 is 0. The standard InChI is InChI=1S/C26H30N2/c1-18(2)24-17-26(4,20-11-7-5-8-12-20)23-16-22(15-19(3)25(23)28-24)27-21-13-9-6-10-14-21/h5-16,18,24,27-28H,17H2,1-4H3. The van der Waals surface area contributed by atoms with Crippen molar-refractivity contribution in [1.29, 1.82) is 0 Å². The molecule has 0 bridgehead atoms. The molecular formula is C26H30N2. The molecule has 2 atom stereocenters. The van der Waals surface area contributed by atoms with Crippen molar-refractivity contribution in [3.8, 4) is 0 Å². The van der Waals surface area contributed by atoms with E-state index in [0.717, 1.165) is 17.8 Å². The van der Waals surface area contributed by atoms with Crippen molar-refractivity contribution in [3.63, 3.8) is 0 Å². The highest BCUT2D eigenvalue weighted by atomic mass is 15.0. The SMILES string of the molecule is Cc1cc(Nc2ccccc2)cc2c1NC(C(C)C)CC2(C)c1ccccc1. The molecular weight excluding hydrogens is 340 g/mol. The Morgan fingerprint density at radius 1 is 0.929 bits per heavy atom. The molecule has 0 fully saturated rings. The molecule has 0 aromatic heterocycles. The lowest BCUT2D eigenvalue weighted by Crippen LogP contribution is -2.41. The van der Waals surface area contributed by atoms with E-state index in [2.05, 4.69) is 105 Å². The number of fused-ring (bicyclic) bond motifs is 1. The number of rotatable bonds is 4. The summed E-state index contributed by atoms with van der Waals surface area (Å²) in [6.45, 7) is 9.25. The average Bonchev–Trinajstić information content (AvgIpc) is 2.70. The van der Waals surface area contributed by atoms with Crippen LogP contribution in [-0.4, -0.2) is 6.04 Å². The van der Waals surface area contributed by atoms with Crippen molar-refractivity contribution in [2.75, 3.05) is 10.6 Å². The van der Waals surface area contributed by atoms with Crippen LogP contribution >= 0.6 is 0 Å². The third-order valence-corrected chi connectivity index (χ3v) is 6.17. The molecule has 0 amide bonds. The lowest BCUT2D eigenvalue weighted by atomic mass is 9.67.